The molecule has 2 rings (SSSR count). The molecule has 1 heterocycles. The zero-order valence-electron chi connectivity index (χ0n) is 6.88. The Morgan fingerprint density at radius 2 is 1.93 bits per heavy atom. The monoisotopic (exact) mass is 251 g/mol. The summed E-state index contributed by atoms with van der Waals surface area (Å²) in [6.07, 6.45) is 0. The van der Waals surface area contributed by atoms with Gasteiger partial charge in [-0.25, -0.2) is 4.52 Å². The van der Waals surface area contributed by atoms with Crippen molar-refractivity contribution in [3.05, 3.63) is 30.3 Å². The van der Waals surface area contributed by atoms with Gasteiger partial charge in [0.25, 0.3) is 0 Å². The molecule has 74 valence electrons. The van der Waals surface area contributed by atoms with Crippen LogP contribution in [0.4, 0.5) is 8.39 Å². The van der Waals surface area contributed by atoms with E-state index in [-0.39, 0.29) is 8.52 Å². The van der Waals surface area contributed by atoms with Crippen LogP contribution in [0.2, 0.25) is 0 Å². The highest BCUT2D eigenvalue weighted by Gasteiger charge is 2.19. The summed E-state index contributed by atoms with van der Waals surface area (Å²) in [5, 5.41) is 0.791. The lowest BCUT2D eigenvalue weighted by Crippen LogP contribution is -1.91. The van der Waals surface area contributed by atoms with Crippen molar-refractivity contribution >= 4 is 29.5 Å². The van der Waals surface area contributed by atoms with Crippen molar-refractivity contribution in [1.82, 2.24) is 0 Å². The molecule has 3 nitrogen and oxygen atoms in total. The third-order valence-corrected chi connectivity index (χ3v) is 6.40. The van der Waals surface area contributed by atoms with Crippen LogP contribution in [0.5, 0.6) is 0 Å². The maximum atomic E-state index is 12.9. The molecular formula is C6H6F2N3P3. The highest BCUT2D eigenvalue weighted by Crippen LogP contribution is 2.64. The van der Waals surface area contributed by atoms with Gasteiger partial charge in [0.05, 0.1) is 0 Å². The molecule has 0 saturated heterocycles. The lowest BCUT2D eigenvalue weighted by molar-refractivity contribution is 0.728. The number of hydrogen-bond donors (Lipinski definition) is 0. The molecule has 1 atom stereocenters. The molecular weight excluding hydrogens is 245 g/mol. The molecule has 1 aliphatic heterocycles. The fraction of sp³-hybridized carbons (Fsp3) is 0. The predicted octanol–water partition coefficient (Wildman–Crippen LogP) is 4.57. The second-order valence-electron chi connectivity index (χ2n) is 2.52. The maximum absolute atomic E-state index is 12.9. The predicted molar refractivity (Wildman–Crippen MR) is 57.7 cm³/mol. The summed E-state index contributed by atoms with van der Waals surface area (Å²) in [6, 6.07) is 9.00. The quantitative estimate of drug-likeness (QED) is 0.655. The van der Waals surface area contributed by atoms with Crippen LogP contribution in [-0.2, 0) is 0 Å². The Kier molecular flexibility index (Phi) is 2.92. The molecule has 1 aromatic carbocycles. The first-order chi connectivity index (χ1) is 6.67. The third kappa shape index (κ3) is 2.36. The largest absolute Gasteiger partial charge is 0.422 e. The van der Waals surface area contributed by atoms with Crippen molar-refractivity contribution < 1.29 is 8.39 Å². The molecule has 0 spiro atoms. The summed E-state index contributed by atoms with van der Waals surface area (Å²) >= 11 is 0. The smallest absolute Gasteiger partial charge is 0.203 e. The minimum atomic E-state index is -4.37. The van der Waals surface area contributed by atoms with E-state index in [2.05, 4.69) is 13.5 Å². The van der Waals surface area contributed by atoms with Crippen LogP contribution in [0.3, 0.4) is 0 Å². The van der Waals surface area contributed by atoms with Gasteiger partial charge in [0.15, 0.2) is 8.52 Å². The summed E-state index contributed by atoms with van der Waals surface area (Å²) in [5.41, 5.74) is 0. The molecule has 0 bridgehead atoms. The topological polar surface area (TPSA) is 37.1 Å². The summed E-state index contributed by atoms with van der Waals surface area (Å²) < 4.78 is 36.2. The van der Waals surface area contributed by atoms with Gasteiger partial charge in [-0.15, -0.1) is 12.9 Å². The Balaban J connectivity index is 2.45. The Hall–Kier alpha value is -0.360. The molecule has 0 aromatic heterocycles. The Morgan fingerprint density at radius 3 is 2.57 bits per heavy atom. The Morgan fingerprint density at radius 1 is 1.21 bits per heavy atom. The van der Waals surface area contributed by atoms with E-state index in [9.17, 15) is 8.39 Å². The van der Waals surface area contributed by atoms with Gasteiger partial charge < -0.3 is 0 Å². The SMILES string of the molecule is FP1(F)=N[PH](c2ccccc2)=NP=N1. The zero-order chi connectivity index (χ0) is 10.0. The normalized spacial score (nSPS) is 24.9. The molecule has 0 N–H and O–H groups in total. The van der Waals surface area contributed by atoms with E-state index >= 15 is 0 Å². The highest BCUT2D eigenvalue weighted by molar-refractivity contribution is 7.71. The lowest BCUT2D eigenvalue weighted by atomic mass is 10.4. The first-order valence-corrected chi connectivity index (χ1v) is 7.42. The van der Waals surface area contributed by atoms with Gasteiger partial charge >= 0.3 is 7.83 Å². The van der Waals surface area contributed by atoms with Crippen molar-refractivity contribution in [3.8, 4) is 0 Å². The fourth-order valence-electron chi connectivity index (χ4n) is 0.967. The van der Waals surface area contributed by atoms with Crippen molar-refractivity contribution in [2.75, 3.05) is 0 Å². The molecule has 1 unspecified atom stereocenters. The molecule has 14 heavy (non-hydrogen) atoms. The number of nitrogens with zero attached hydrogens (tertiary/aromatic N) is 3. The molecule has 1 aromatic rings. The lowest BCUT2D eigenvalue weighted by Gasteiger charge is -2.06. The van der Waals surface area contributed by atoms with Gasteiger partial charge in [0, 0.05) is 5.30 Å². The summed E-state index contributed by atoms with van der Waals surface area (Å²) in [5.74, 6) is 0. The van der Waals surface area contributed by atoms with E-state index in [1.165, 1.54) is 0 Å². The minimum absolute atomic E-state index is 0.133. The first kappa shape index (κ1) is 10.2. The van der Waals surface area contributed by atoms with Gasteiger partial charge in [-0.05, 0) is 0 Å². The van der Waals surface area contributed by atoms with E-state index in [0.29, 0.717) is 0 Å². The van der Waals surface area contributed by atoms with E-state index in [0.717, 1.165) is 5.30 Å². The van der Waals surface area contributed by atoms with E-state index in [4.69, 9.17) is 0 Å². The fourth-order valence-corrected chi connectivity index (χ4v) is 5.58. The van der Waals surface area contributed by atoms with Crippen LogP contribution in [0.1, 0.15) is 0 Å². The highest BCUT2D eigenvalue weighted by atomic mass is 31.3. The van der Waals surface area contributed by atoms with Crippen molar-refractivity contribution in [3.63, 3.8) is 0 Å². The van der Waals surface area contributed by atoms with Gasteiger partial charge in [-0.2, -0.15) is 4.52 Å². The summed E-state index contributed by atoms with van der Waals surface area (Å²) in [4.78, 5) is 0. The van der Waals surface area contributed by atoms with Crippen LogP contribution in [-0.4, -0.2) is 0 Å². The van der Waals surface area contributed by atoms with Gasteiger partial charge in [0.2, 0.25) is 0 Å². The molecule has 0 aliphatic carbocycles. The minimum Gasteiger partial charge on any atom is -0.203 e. The van der Waals surface area contributed by atoms with Crippen LogP contribution >= 0.6 is 24.2 Å². The second-order valence-corrected chi connectivity index (χ2v) is 7.15. The van der Waals surface area contributed by atoms with E-state index in [1.54, 1.807) is 24.3 Å². The van der Waals surface area contributed by atoms with Crippen LogP contribution < -0.4 is 5.30 Å². The van der Waals surface area contributed by atoms with Crippen LogP contribution in [0, 0.1) is 0 Å². The molecule has 1 aliphatic rings. The summed E-state index contributed by atoms with van der Waals surface area (Å²) in [7, 11) is -6.03. The van der Waals surface area contributed by atoms with Crippen LogP contribution in [0.15, 0.2) is 43.9 Å². The van der Waals surface area contributed by atoms with Crippen molar-refractivity contribution in [1.29, 1.82) is 0 Å². The first-order valence-electron chi connectivity index (χ1n) is 3.75. The molecule has 0 saturated carbocycles. The third-order valence-electron chi connectivity index (χ3n) is 1.53. The van der Waals surface area contributed by atoms with Gasteiger partial charge in [0.1, 0.15) is 7.86 Å². The Labute approximate surface area is 82.4 Å². The number of halogens is 2. The second kappa shape index (κ2) is 4.02. The average molecular weight is 251 g/mol. The molecule has 8 heteroatoms. The number of hydrogen-bond acceptors (Lipinski definition) is 3. The van der Waals surface area contributed by atoms with Gasteiger partial charge in [-0.1, -0.05) is 30.3 Å². The molecule has 0 amide bonds. The van der Waals surface area contributed by atoms with Gasteiger partial charge in [-0.3, -0.25) is 0 Å². The number of rotatable bonds is 1. The van der Waals surface area contributed by atoms with Crippen LogP contribution in [0.25, 0.3) is 0 Å². The standard InChI is InChI=1S/C6H6F2N3P3/c7-14(8)10-12-9-13(11-14)6-4-2-1-3-5-6/h1-5,13H. The zero-order valence-corrected chi connectivity index (χ0v) is 9.67. The van der Waals surface area contributed by atoms with E-state index < -0.39 is 15.7 Å². The maximum Gasteiger partial charge on any atom is 0.422 e. The van der Waals surface area contributed by atoms with E-state index in [1.807, 2.05) is 6.07 Å². The van der Waals surface area contributed by atoms with Crippen molar-refractivity contribution in [2.45, 2.75) is 0 Å². The number of benzene rings is 1. The summed E-state index contributed by atoms with van der Waals surface area (Å²) in [6.45, 7) is 0. The molecule has 0 fully saturated rings. The Bertz CT molecular complexity index is 451. The van der Waals surface area contributed by atoms with Crippen molar-refractivity contribution in [2.24, 2.45) is 13.5 Å². The average Bonchev–Trinajstić information content (AvgIpc) is 2.18. The molecule has 0 radical (unpaired) electrons.